The van der Waals surface area contributed by atoms with Crippen molar-refractivity contribution in [1.29, 1.82) is 0 Å². The topological polar surface area (TPSA) is 22.3 Å². The molecule has 0 amide bonds. The van der Waals surface area contributed by atoms with Gasteiger partial charge in [-0.2, -0.15) is 0 Å². The van der Waals surface area contributed by atoms with Crippen LogP contribution < -0.4 is 0 Å². The molecule has 0 spiro atoms. The first-order chi connectivity index (χ1) is 13.3. The van der Waals surface area contributed by atoms with Crippen molar-refractivity contribution in [2.45, 2.75) is 43.9 Å². The molecule has 0 aliphatic carbocycles. The van der Waals surface area contributed by atoms with E-state index < -0.39 is 0 Å². The fraction of sp³-hybridized carbons (Fsp3) is 0.391. The fourth-order valence-corrected chi connectivity index (χ4v) is 5.93. The van der Waals surface area contributed by atoms with Gasteiger partial charge in [-0.3, -0.25) is 9.80 Å². The summed E-state index contributed by atoms with van der Waals surface area (Å²) in [6, 6.07) is 18.4. The Morgan fingerprint density at radius 3 is 2.67 bits per heavy atom. The zero-order chi connectivity index (χ0) is 18.0. The summed E-state index contributed by atoms with van der Waals surface area (Å²) in [5.41, 5.74) is 5.69. The van der Waals surface area contributed by atoms with E-state index in [0.29, 0.717) is 18.2 Å². The maximum atomic E-state index is 6.17. The molecule has 2 fully saturated rings. The summed E-state index contributed by atoms with van der Waals surface area (Å²) >= 11 is 6.17. The van der Waals surface area contributed by atoms with Crippen molar-refractivity contribution in [2.75, 3.05) is 13.1 Å². The summed E-state index contributed by atoms with van der Waals surface area (Å²) in [7, 11) is 0. The number of nitrogens with zero attached hydrogens (tertiary/aromatic N) is 2. The second-order valence-electron chi connectivity index (χ2n) is 8.22. The van der Waals surface area contributed by atoms with Gasteiger partial charge in [-0.1, -0.05) is 48.4 Å². The van der Waals surface area contributed by atoms with Gasteiger partial charge < -0.3 is 4.98 Å². The molecule has 2 saturated heterocycles. The molecule has 2 aromatic carbocycles. The smallest absolute Gasteiger partial charge is 0.0895 e. The normalized spacial score (nSPS) is 28.1. The number of nitrogens with one attached hydrogen (secondary N) is 1. The molecule has 27 heavy (non-hydrogen) atoms. The maximum Gasteiger partial charge on any atom is 0.0895 e. The van der Waals surface area contributed by atoms with Gasteiger partial charge in [0.2, 0.25) is 0 Å². The van der Waals surface area contributed by atoms with E-state index in [0.717, 1.165) is 18.0 Å². The summed E-state index contributed by atoms with van der Waals surface area (Å²) < 4.78 is 0. The Kier molecular flexibility index (Phi) is 3.65. The molecule has 3 aromatic rings. The van der Waals surface area contributed by atoms with Crippen molar-refractivity contribution >= 4 is 22.5 Å². The van der Waals surface area contributed by atoms with Crippen LogP contribution in [-0.4, -0.2) is 33.9 Å². The van der Waals surface area contributed by atoms with Crippen molar-refractivity contribution < 1.29 is 0 Å². The first-order valence-corrected chi connectivity index (χ1v) is 10.6. The van der Waals surface area contributed by atoms with Gasteiger partial charge in [0.25, 0.3) is 0 Å². The van der Waals surface area contributed by atoms with Crippen LogP contribution in [0.15, 0.2) is 48.5 Å². The number of fused-ring (bicyclic) bond motifs is 7. The highest BCUT2D eigenvalue weighted by Crippen LogP contribution is 2.51. The average Bonchev–Trinajstić information content (AvgIpc) is 3.24. The minimum atomic E-state index is 0.372. The molecule has 1 aromatic heterocycles. The van der Waals surface area contributed by atoms with E-state index in [1.807, 2.05) is 12.1 Å². The van der Waals surface area contributed by atoms with Crippen LogP contribution in [0.1, 0.15) is 48.3 Å². The third-order valence-corrected chi connectivity index (χ3v) is 7.12. The Bertz CT molecular complexity index is 993. The number of halogens is 1. The number of hydrogen-bond donors (Lipinski definition) is 1. The third-order valence-electron chi connectivity index (χ3n) is 6.87. The van der Waals surface area contributed by atoms with Crippen LogP contribution in [0.3, 0.4) is 0 Å². The lowest BCUT2D eigenvalue weighted by molar-refractivity contribution is 0.0977. The molecule has 6 rings (SSSR count). The molecular weight excluding hydrogens is 354 g/mol. The second-order valence-corrected chi connectivity index (χ2v) is 8.66. The molecule has 3 nitrogen and oxygen atoms in total. The van der Waals surface area contributed by atoms with Crippen molar-refractivity contribution in [3.63, 3.8) is 0 Å². The summed E-state index contributed by atoms with van der Waals surface area (Å²) in [5.74, 6) is 0. The standard InChI is InChI=1S/C23H24ClN3/c24-16-10-8-15(9-11-16)23-26-13-4-3-7-20(26)22-21-18(12-14-27(22)23)17-5-1-2-6-19(17)25-21/h1-2,5-6,8-11,20,22-23,25H,3-4,7,12-14H2/t20-,22-,23-/m0/s1. The minimum Gasteiger partial charge on any atom is -0.357 e. The zero-order valence-corrected chi connectivity index (χ0v) is 16.1. The van der Waals surface area contributed by atoms with Crippen LogP contribution in [0, 0.1) is 0 Å². The van der Waals surface area contributed by atoms with Gasteiger partial charge in [0, 0.05) is 40.8 Å². The maximum absolute atomic E-state index is 6.17. The van der Waals surface area contributed by atoms with Gasteiger partial charge in [-0.05, 0) is 48.6 Å². The molecule has 4 heteroatoms. The largest absolute Gasteiger partial charge is 0.357 e. The molecule has 4 heterocycles. The highest BCUT2D eigenvalue weighted by atomic mass is 35.5. The van der Waals surface area contributed by atoms with Crippen molar-refractivity contribution in [2.24, 2.45) is 0 Å². The average molecular weight is 378 g/mol. The van der Waals surface area contributed by atoms with Crippen molar-refractivity contribution in [3.05, 3.63) is 70.4 Å². The van der Waals surface area contributed by atoms with Gasteiger partial charge in [-0.25, -0.2) is 0 Å². The summed E-state index contributed by atoms with van der Waals surface area (Å²) in [5, 5.41) is 2.24. The van der Waals surface area contributed by atoms with E-state index in [1.54, 1.807) is 5.56 Å². The molecule has 3 aliphatic heterocycles. The highest BCUT2D eigenvalue weighted by Gasteiger charge is 2.51. The number of H-pyrrole nitrogens is 1. The Hall–Kier alpha value is -1.81. The molecule has 0 saturated carbocycles. The number of hydrogen-bond acceptors (Lipinski definition) is 2. The quantitative estimate of drug-likeness (QED) is 0.622. The molecule has 138 valence electrons. The Balaban J connectivity index is 1.49. The third kappa shape index (κ3) is 2.35. The van der Waals surface area contributed by atoms with Gasteiger partial charge >= 0.3 is 0 Å². The summed E-state index contributed by atoms with van der Waals surface area (Å²) in [6.07, 6.45) is 5.44. The predicted molar refractivity (Wildman–Crippen MR) is 110 cm³/mol. The first-order valence-electron chi connectivity index (χ1n) is 10.2. The summed E-state index contributed by atoms with van der Waals surface area (Å²) in [4.78, 5) is 9.32. The fourth-order valence-electron chi connectivity index (χ4n) is 5.81. The Labute approximate surface area is 164 Å². The number of rotatable bonds is 1. The van der Waals surface area contributed by atoms with E-state index in [4.69, 9.17) is 11.6 Å². The molecule has 0 radical (unpaired) electrons. The van der Waals surface area contributed by atoms with Gasteiger partial charge in [-0.15, -0.1) is 0 Å². The zero-order valence-electron chi connectivity index (χ0n) is 15.4. The molecule has 3 aliphatic rings. The lowest BCUT2D eigenvalue weighted by Gasteiger charge is -2.35. The molecule has 1 N–H and O–H groups in total. The van der Waals surface area contributed by atoms with E-state index in [9.17, 15) is 0 Å². The van der Waals surface area contributed by atoms with E-state index in [-0.39, 0.29) is 0 Å². The van der Waals surface area contributed by atoms with Crippen LogP contribution in [0.5, 0.6) is 0 Å². The van der Waals surface area contributed by atoms with Crippen molar-refractivity contribution in [3.8, 4) is 0 Å². The van der Waals surface area contributed by atoms with Crippen LogP contribution in [0.2, 0.25) is 5.02 Å². The van der Waals surface area contributed by atoms with Gasteiger partial charge in [0.05, 0.1) is 12.2 Å². The summed E-state index contributed by atoms with van der Waals surface area (Å²) in [6.45, 7) is 2.32. The van der Waals surface area contributed by atoms with Crippen LogP contribution in [0.4, 0.5) is 0 Å². The number of para-hydroxylation sites is 1. The number of aromatic nitrogens is 1. The second kappa shape index (κ2) is 6.10. The lowest BCUT2D eigenvalue weighted by Crippen LogP contribution is -2.38. The molecule has 0 unspecified atom stereocenters. The number of benzene rings is 2. The Morgan fingerprint density at radius 1 is 0.926 bits per heavy atom. The number of aromatic amines is 1. The Morgan fingerprint density at radius 2 is 1.78 bits per heavy atom. The monoisotopic (exact) mass is 377 g/mol. The SMILES string of the molecule is Clc1ccc([C@@H]2N3CCc4c([nH]c5ccccc45)[C@@H]3[C@@H]3CCCCN23)cc1. The molecule has 3 atom stereocenters. The van der Waals surface area contributed by atoms with Gasteiger partial charge in [0.1, 0.15) is 0 Å². The van der Waals surface area contributed by atoms with E-state index in [1.165, 1.54) is 48.0 Å². The van der Waals surface area contributed by atoms with Crippen LogP contribution >= 0.6 is 11.6 Å². The van der Waals surface area contributed by atoms with Gasteiger partial charge in [0.15, 0.2) is 0 Å². The highest BCUT2D eigenvalue weighted by molar-refractivity contribution is 6.30. The number of piperidine rings is 1. The van der Waals surface area contributed by atoms with Crippen molar-refractivity contribution in [1.82, 2.24) is 14.8 Å². The minimum absolute atomic E-state index is 0.372. The lowest BCUT2D eigenvalue weighted by atomic mass is 9.90. The van der Waals surface area contributed by atoms with E-state index in [2.05, 4.69) is 51.2 Å². The molecule has 0 bridgehead atoms. The van der Waals surface area contributed by atoms with E-state index >= 15 is 0 Å². The van der Waals surface area contributed by atoms with Crippen LogP contribution in [-0.2, 0) is 6.42 Å². The first kappa shape index (κ1) is 16.2. The predicted octanol–water partition coefficient (Wildman–Crippen LogP) is 5.29. The van der Waals surface area contributed by atoms with Crippen LogP contribution in [0.25, 0.3) is 10.9 Å². The molecular formula is C23H24ClN3.